The van der Waals surface area contributed by atoms with Gasteiger partial charge in [-0.1, -0.05) is 48.5 Å². The second-order valence-electron chi connectivity index (χ2n) is 9.72. The standard InChI is InChI=1S/C25H28F6N2O3/c1-22(2,3)36-21(34)33-14-12-32(13-15-33)16-17-4-6-18(7-5-17)19-8-10-20(11-9-19)23(35,24(26,27)28)25(29,30)31/h4-11,35H,12-16H2,1-3H3. The van der Waals surface area contributed by atoms with E-state index in [-0.39, 0.29) is 6.09 Å². The van der Waals surface area contributed by atoms with Gasteiger partial charge in [-0.3, -0.25) is 4.90 Å². The molecule has 1 heterocycles. The first-order valence-corrected chi connectivity index (χ1v) is 11.3. The molecule has 11 heteroatoms. The van der Waals surface area contributed by atoms with Gasteiger partial charge in [-0.2, -0.15) is 26.3 Å². The normalized spacial score (nSPS) is 16.2. The Balaban J connectivity index is 1.63. The van der Waals surface area contributed by atoms with E-state index in [4.69, 9.17) is 4.74 Å². The van der Waals surface area contributed by atoms with Crippen molar-refractivity contribution in [1.29, 1.82) is 0 Å². The number of hydrogen-bond acceptors (Lipinski definition) is 4. The highest BCUT2D eigenvalue weighted by Crippen LogP contribution is 2.50. The number of hydrogen-bond donors (Lipinski definition) is 1. The van der Waals surface area contributed by atoms with Crippen molar-refractivity contribution >= 4 is 6.09 Å². The molecule has 0 radical (unpaired) electrons. The van der Waals surface area contributed by atoms with Gasteiger partial charge in [0.25, 0.3) is 5.60 Å². The van der Waals surface area contributed by atoms with Crippen LogP contribution < -0.4 is 0 Å². The van der Waals surface area contributed by atoms with E-state index in [1.807, 2.05) is 32.9 Å². The molecule has 0 spiro atoms. The fraction of sp³-hybridized carbons (Fsp3) is 0.480. The van der Waals surface area contributed by atoms with E-state index >= 15 is 0 Å². The number of nitrogens with zero attached hydrogens (tertiary/aromatic N) is 2. The quantitative estimate of drug-likeness (QED) is 0.527. The number of amides is 1. The Labute approximate surface area is 205 Å². The Morgan fingerprint density at radius 1 is 0.806 bits per heavy atom. The summed E-state index contributed by atoms with van der Waals surface area (Å²) in [6.07, 6.45) is -12.2. The van der Waals surface area contributed by atoms with E-state index in [0.29, 0.717) is 56.0 Å². The maximum atomic E-state index is 13.1. The molecule has 0 atom stereocenters. The second-order valence-corrected chi connectivity index (χ2v) is 9.72. The van der Waals surface area contributed by atoms with Gasteiger partial charge in [0.15, 0.2) is 0 Å². The van der Waals surface area contributed by atoms with E-state index < -0.39 is 29.1 Å². The van der Waals surface area contributed by atoms with E-state index in [1.54, 1.807) is 17.0 Å². The largest absolute Gasteiger partial charge is 0.444 e. The van der Waals surface area contributed by atoms with Crippen LogP contribution >= 0.6 is 0 Å². The number of ether oxygens (including phenoxy) is 1. The van der Waals surface area contributed by atoms with Crippen LogP contribution in [0.15, 0.2) is 48.5 Å². The van der Waals surface area contributed by atoms with Gasteiger partial charge in [0.1, 0.15) is 5.60 Å². The SMILES string of the molecule is CC(C)(C)OC(=O)N1CCN(Cc2ccc(-c3ccc(C(O)(C(F)(F)F)C(F)(F)F)cc3)cc2)CC1. The third-order valence-corrected chi connectivity index (χ3v) is 5.84. The second kappa shape index (κ2) is 9.93. The maximum absolute atomic E-state index is 13.1. The van der Waals surface area contributed by atoms with Gasteiger partial charge in [0.2, 0.25) is 0 Å². The molecule has 0 unspecified atom stereocenters. The Hall–Kier alpha value is -2.79. The molecule has 0 saturated carbocycles. The van der Waals surface area contributed by atoms with Gasteiger partial charge < -0.3 is 14.7 Å². The first-order valence-electron chi connectivity index (χ1n) is 11.3. The fourth-order valence-electron chi connectivity index (χ4n) is 3.87. The average molecular weight is 518 g/mol. The Kier molecular flexibility index (Phi) is 7.67. The average Bonchev–Trinajstić information content (AvgIpc) is 2.77. The number of piperazine rings is 1. The lowest BCUT2D eigenvalue weighted by Crippen LogP contribution is -2.53. The van der Waals surface area contributed by atoms with E-state index in [0.717, 1.165) is 17.7 Å². The lowest BCUT2D eigenvalue weighted by molar-refractivity contribution is -0.376. The van der Waals surface area contributed by atoms with Crippen molar-refractivity contribution in [2.75, 3.05) is 26.2 Å². The van der Waals surface area contributed by atoms with Crippen molar-refractivity contribution in [2.45, 2.75) is 50.9 Å². The number of halogens is 6. The lowest BCUT2D eigenvalue weighted by Gasteiger charge is -2.35. The van der Waals surface area contributed by atoms with Crippen molar-refractivity contribution in [2.24, 2.45) is 0 Å². The smallest absolute Gasteiger partial charge is 0.430 e. The molecule has 0 aromatic heterocycles. The van der Waals surface area contributed by atoms with Crippen LogP contribution in [0.3, 0.4) is 0 Å². The molecule has 1 fully saturated rings. The van der Waals surface area contributed by atoms with Gasteiger partial charge in [-0.25, -0.2) is 4.79 Å². The molecular weight excluding hydrogens is 490 g/mol. The van der Waals surface area contributed by atoms with Crippen LogP contribution in [0.5, 0.6) is 0 Å². The molecule has 5 nitrogen and oxygen atoms in total. The summed E-state index contributed by atoms with van der Waals surface area (Å²) >= 11 is 0. The number of carbonyl (C=O) groups excluding carboxylic acids is 1. The number of aliphatic hydroxyl groups is 1. The zero-order valence-corrected chi connectivity index (χ0v) is 20.1. The van der Waals surface area contributed by atoms with Gasteiger partial charge >= 0.3 is 18.4 Å². The molecule has 1 N–H and O–H groups in total. The van der Waals surface area contributed by atoms with Crippen molar-refractivity contribution in [1.82, 2.24) is 9.80 Å². The topological polar surface area (TPSA) is 53.0 Å². The third-order valence-electron chi connectivity index (χ3n) is 5.84. The zero-order valence-electron chi connectivity index (χ0n) is 20.1. The van der Waals surface area contributed by atoms with Crippen LogP contribution in [0, 0.1) is 0 Å². The number of carbonyl (C=O) groups is 1. The van der Waals surface area contributed by atoms with Crippen molar-refractivity contribution in [3.63, 3.8) is 0 Å². The first kappa shape index (κ1) is 27.8. The number of rotatable bonds is 4. The minimum Gasteiger partial charge on any atom is -0.444 e. The molecule has 0 aliphatic carbocycles. The summed E-state index contributed by atoms with van der Waals surface area (Å²) in [5, 5.41) is 9.52. The molecule has 0 bridgehead atoms. The summed E-state index contributed by atoms with van der Waals surface area (Å²) < 4.78 is 83.8. The molecule has 1 aliphatic rings. The summed E-state index contributed by atoms with van der Waals surface area (Å²) in [6, 6.07) is 10.6. The van der Waals surface area contributed by atoms with Gasteiger partial charge in [-0.05, 0) is 37.5 Å². The fourth-order valence-corrected chi connectivity index (χ4v) is 3.87. The molecule has 1 aliphatic heterocycles. The Morgan fingerprint density at radius 2 is 1.25 bits per heavy atom. The molecule has 2 aromatic carbocycles. The third kappa shape index (κ3) is 6.12. The van der Waals surface area contributed by atoms with Crippen molar-refractivity contribution in [3.8, 4) is 11.1 Å². The molecule has 3 rings (SSSR count). The number of alkyl halides is 6. The Morgan fingerprint density at radius 3 is 1.67 bits per heavy atom. The van der Waals surface area contributed by atoms with E-state index in [2.05, 4.69) is 4.90 Å². The van der Waals surface area contributed by atoms with Crippen LogP contribution in [0.4, 0.5) is 31.1 Å². The van der Waals surface area contributed by atoms with Crippen LogP contribution in [-0.2, 0) is 16.9 Å². The minimum absolute atomic E-state index is 0.346. The minimum atomic E-state index is -5.92. The first-order chi connectivity index (χ1) is 16.5. The van der Waals surface area contributed by atoms with E-state index in [1.165, 1.54) is 0 Å². The van der Waals surface area contributed by atoms with Crippen molar-refractivity contribution in [3.05, 3.63) is 59.7 Å². The van der Waals surface area contributed by atoms with Gasteiger partial charge in [-0.15, -0.1) is 0 Å². The van der Waals surface area contributed by atoms with Crippen LogP contribution in [0.1, 0.15) is 31.9 Å². The molecule has 36 heavy (non-hydrogen) atoms. The van der Waals surface area contributed by atoms with E-state index in [9.17, 15) is 36.2 Å². The highest BCUT2D eigenvalue weighted by molar-refractivity contribution is 5.68. The van der Waals surface area contributed by atoms with Crippen LogP contribution in [-0.4, -0.2) is 65.1 Å². The van der Waals surface area contributed by atoms with Crippen molar-refractivity contribution < 1.29 is 41.0 Å². The lowest BCUT2D eigenvalue weighted by atomic mass is 9.90. The zero-order chi connectivity index (χ0) is 26.9. The molecular formula is C25H28F6N2O3. The predicted molar refractivity (Wildman–Crippen MR) is 121 cm³/mol. The molecule has 2 aromatic rings. The van der Waals surface area contributed by atoms with Gasteiger partial charge in [0, 0.05) is 38.3 Å². The highest BCUT2D eigenvalue weighted by Gasteiger charge is 2.71. The molecule has 198 valence electrons. The predicted octanol–water partition coefficient (Wildman–Crippen LogP) is 5.72. The summed E-state index contributed by atoms with van der Waals surface area (Å²) in [4.78, 5) is 16.0. The monoisotopic (exact) mass is 518 g/mol. The summed E-state index contributed by atoms with van der Waals surface area (Å²) in [5.41, 5.74) is -4.84. The van der Waals surface area contributed by atoms with Gasteiger partial charge in [0.05, 0.1) is 0 Å². The van der Waals surface area contributed by atoms with Crippen LogP contribution in [0.2, 0.25) is 0 Å². The summed E-state index contributed by atoms with van der Waals surface area (Å²) in [5.74, 6) is 0. The highest BCUT2D eigenvalue weighted by atomic mass is 19.4. The molecule has 1 saturated heterocycles. The maximum Gasteiger partial charge on any atom is 0.430 e. The molecule has 1 amide bonds. The summed E-state index contributed by atoms with van der Waals surface area (Å²) in [7, 11) is 0. The number of benzene rings is 2. The van der Waals surface area contributed by atoms with Crippen LogP contribution in [0.25, 0.3) is 11.1 Å². The summed E-state index contributed by atoms with van der Waals surface area (Å²) in [6.45, 7) is 8.42. The Bertz CT molecular complexity index is 1020.